The number of hydrogen-bond donors (Lipinski definition) is 1. The zero-order chi connectivity index (χ0) is 15.4. The summed E-state index contributed by atoms with van der Waals surface area (Å²) in [5.74, 6) is 0.183. The highest BCUT2D eigenvalue weighted by atomic mass is 35.5. The molecule has 5 heteroatoms. The zero-order valence-electron chi connectivity index (χ0n) is 12.3. The molecule has 1 heterocycles. The Bertz CT molecular complexity index is 670. The lowest BCUT2D eigenvalue weighted by Gasteiger charge is -2.18. The van der Waals surface area contributed by atoms with Gasteiger partial charge in [0, 0.05) is 10.7 Å². The number of aryl methyl sites for hydroxylation is 1. The quantitative estimate of drug-likeness (QED) is 0.689. The van der Waals surface area contributed by atoms with Gasteiger partial charge in [-0.15, -0.1) is 0 Å². The molecule has 1 aromatic rings. The molecule has 114 valence electrons. The molecule has 1 N–H and O–H groups in total. The van der Waals surface area contributed by atoms with E-state index in [4.69, 9.17) is 11.6 Å². The van der Waals surface area contributed by atoms with Crippen molar-refractivity contribution in [1.82, 2.24) is 4.90 Å². The van der Waals surface area contributed by atoms with Crippen LogP contribution in [0.1, 0.15) is 12.0 Å². The monoisotopic (exact) mass is 316 g/mol. The minimum absolute atomic E-state index is 0.0300. The molecule has 0 aromatic heterocycles. The molecule has 0 unspecified atom stereocenters. The summed E-state index contributed by atoms with van der Waals surface area (Å²) in [6.07, 6.45) is 5.17. The molecule has 22 heavy (non-hydrogen) atoms. The van der Waals surface area contributed by atoms with Gasteiger partial charge in [-0.05, 0) is 42.9 Å². The number of anilines is 1. The summed E-state index contributed by atoms with van der Waals surface area (Å²) in [7, 11) is 0. The van der Waals surface area contributed by atoms with Crippen molar-refractivity contribution in [3.63, 3.8) is 0 Å². The Kier molecular flexibility index (Phi) is 3.05. The second kappa shape index (κ2) is 4.85. The number of benzene rings is 1. The third-order valence-corrected chi connectivity index (χ3v) is 5.58. The second-order valence-electron chi connectivity index (χ2n) is 6.40. The van der Waals surface area contributed by atoms with Gasteiger partial charge < -0.3 is 5.32 Å². The Balaban J connectivity index is 1.49. The van der Waals surface area contributed by atoms with E-state index in [2.05, 4.69) is 17.5 Å². The highest BCUT2D eigenvalue weighted by Gasteiger charge is 2.59. The molecule has 4 nitrogen and oxygen atoms in total. The van der Waals surface area contributed by atoms with Gasteiger partial charge in [0.05, 0.1) is 18.5 Å². The molecule has 4 rings (SSSR count). The maximum atomic E-state index is 12.5. The summed E-state index contributed by atoms with van der Waals surface area (Å²) in [5, 5.41) is 3.80. The van der Waals surface area contributed by atoms with Crippen LogP contribution in [0.15, 0.2) is 30.4 Å². The number of fused-ring (bicyclic) bond motifs is 5. The van der Waals surface area contributed by atoms with Gasteiger partial charge >= 0.3 is 0 Å². The highest BCUT2D eigenvalue weighted by Crippen LogP contribution is 2.52. The molecule has 2 bridgehead atoms. The van der Waals surface area contributed by atoms with E-state index in [0.29, 0.717) is 5.02 Å². The van der Waals surface area contributed by atoms with E-state index in [1.54, 1.807) is 0 Å². The number of nitrogens with one attached hydrogen (secondary N) is 1. The van der Waals surface area contributed by atoms with E-state index in [0.717, 1.165) is 17.7 Å². The molecule has 1 aromatic carbocycles. The Morgan fingerprint density at radius 1 is 1.18 bits per heavy atom. The number of nitrogens with zero attached hydrogens (tertiary/aromatic N) is 1. The maximum Gasteiger partial charge on any atom is 0.235 e. The average molecular weight is 317 g/mol. The smallest absolute Gasteiger partial charge is 0.235 e. The minimum atomic E-state index is -0.133. The van der Waals surface area contributed by atoms with Gasteiger partial charge in [-0.1, -0.05) is 29.8 Å². The Morgan fingerprint density at radius 3 is 2.41 bits per heavy atom. The Labute approximate surface area is 134 Å². The van der Waals surface area contributed by atoms with Crippen LogP contribution in [0.3, 0.4) is 0 Å². The van der Waals surface area contributed by atoms with Gasteiger partial charge in [0.1, 0.15) is 0 Å². The van der Waals surface area contributed by atoms with Gasteiger partial charge in [0.2, 0.25) is 11.8 Å². The van der Waals surface area contributed by atoms with Crippen LogP contribution < -0.4 is 5.32 Å². The first-order valence-electron chi connectivity index (χ1n) is 7.60. The summed E-state index contributed by atoms with van der Waals surface area (Å²) >= 11 is 6.10. The maximum absolute atomic E-state index is 12.5. The van der Waals surface area contributed by atoms with Crippen molar-refractivity contribution in [2.75, 3.05) is 12.0 Å². The number of amides is 2. The van der Waals surface area contributed by atoms with Crippen LogP contribution >= 0.6 is 11.6 Å². The molecule has 2 aliphatic carbocycles. The molecule has 4 atom stereocenters. The van der Waals surface area contributed by atoms with E-state index in [1.807, 2.05) is 25.1 Å². The average Bonchev–Trinajstić information content (AvgIpc) is 3.16. The lowest BCUT2D eigenvalue weighted by atomic mass is 9.85. The fourth-order valence-corrected chi connectivity index (χ4v) is 4.17. The van der Waals surface area contributed by atoms with Crippen molar-refractivity contribution < 1.29 is 9.59 Å². The summed E-state index contributed by atoms with van der Waals surface area (Å²) in [6, 6.07) is 5.63. The summed E-state index contributed by atoms with van der Waals surface area (Å²) in [6.45, 7) is 2.15. The van der Waals surface area contributed by atoms with E-state index in [-0.39, 0.29) is 42.2 Å². The largest absolute Gasteiger partial charge is 0.367 e. The Morgan fingerprint density at radius 2 is 1.82 bits per heavy atom. The number of rotatable bonds is 3. The van der Waals surface area contributed by atoms with Gasteiger partial charge in [0.25, 0.3) is 0 Å². The fourth-order valence-electron chi connectivity index (χ4n) is 3.99. The minimum Gasteiger partial charge on any atom is -0.367 e. The number of allylic oxidation sites excluding steroid dienone is 2. The van der Waals surface area contributed by atoms with Crippen LogP contribution in [-0.2, 0) is 9.59 Å². The highest BCUT2D eigenvalue weighted by molar-refractivity contribution is 6.31. The van der Waals surface area contributed by atoms with Crippen molar-refractivity contribution in [2.45, 2.75) is 13.3 Å². The number of halogens is 1. The lowest BCUT2D eigenvalue weighted by Crippen LogP contribution is -2.37. The van der Waals surface area contributed by atoms with E-state index < -0.39 is 0 Å². The van der Waals surface area contributed by atoms with Crippen LogP contribution in [0, 0.1) is 30.6 Å². The first-order valence-corrected chi connectivity index (χ1v) is 7.97. The molecule has 3 aliphatic rings. The van der Waals surface area contributed by atoms with Crippen LogP contribution in [0.25, 0.3) is 0 Å². The molecule has 1 saturated carbocycles. The number of hydrogen-bond acceptors (Lipinski definition) is 3. The zero-order valence-corrected chi connectivity index (χ0v) is 13.0. The molecule has 2 fully saturated rings. The molecule has 2 amide bonds. The van der Waals surface area contributed by atoms with Crippen LogP contribution in [0.4, 0.5) is 5.69 Å². The molecular weight excluding hydrogens is 300 g/mol. The third-order valence-electron chi connectivity index (χ3n) is 5.17. The van der Waals surface area contributed by atoms with Gasteiger partial charge in [-0.25, -0.2) is 0 Å². The SMILES string of the molecule is Cc1ccc(NCN2C(=O)[C@@H]3[C@H](C2=O)[C@@H]2C=C[C@@H]3C2)cc1Cl. The lowest BCUT2D eigenvalue weighted by molar-refractivity contribution is -0.140. The first-order chi connectivity index (χ1) is 10.6. The van der Waals surface area contributed by atoms with E-state index >= 15 is 0 Å². The summed E-state index contributed by atoms with van der Waals surface area (Å²) in [4.78, 5) is 26.4. The number of carbonyl (C=O) groups is 2. The standard InChI is InChI=1S/C17H17ClN2O2/c1-9-2-5-12(7-13(9)18)19-8-20-16(21)14-10-3-4-11(6-10)15(14)17(20)22/h2-5,7,10-11,14-15,19H,6,8H2,1H3/t10-,11-,14-,15+/m1/s1. The topological polar surface area (TPSA) is 49.4 Å². The summed E-state index contributed by atoms with van der Waals surface area (Å²) in [5.41, 5.74) is 1.81. The van der Waals surface area contributed by atoms with Crippen molar-refractivity contribution >= 4 is 29.1 Å². The number of imide groups is 1. The van der Waals surface area contributed by atoms with E-state index in [1.165, 1.54) is 4.90 Å². The van der Waals surface area contributed by atoms with Gasteiger partial charge in [-0.2, -0.15) is 0 Å². The van der Waals surface area contributed by atoms with Gasteiger partial charge in [-0.3, -0.25) is 14.5 Å². The van der Waals surface area contributed by atoms with Crippen LogP contribution in [-0.4, -0.2) is 23.4 Å². The van der Waals surface area contributed by atoms with Crippen molar-refractivity contribution in [1.29, 1.82) is 0 Å². The third kappa shape index (κ3) is 1.90. The predicted octanol–water partition coefficient (Wildman–Crippen LogP) is 2.82. The van der Waals surface area contributed by atoms with Crippen molar-refractivity contribution in [3.05, 3.63) is 40.9 Å². The summed E-state index contributed by atoms with van der Waals surface area (Å²) < 4.78 is 0. The first kappa shape index (κ1) is 13.8. The van der Waals surface area contributed by atoms with Crippen molar-refractivity contribution in [3.8, 4) is 0 Å². The number of likely N-dealkylation sites (tertiary alicyclic amines) is 1. The molecule has 0 radical (unpaired) electrons. The van der Waals surface area contributed by atoms with E-state index in [9.17, 15) is 9.59 Å². The molecule has 1 saturated heterocycles. The molecular formula is C17H17ClN2O2. The van der Waals surface area contributed by atoms with Crippen LogP contribution in [0.2, 0.25) is 5.02 Å². The predicted molar refractivity (Wildman–Crippen MR) is 84.2 cm³/mol. The van der Waals surface area contributed by atoms with Crippen LogP contribution in [0.5, 0.6) is 0 Å². The molecule has 0 spiro atoms. The fraction of sp³-hybridized carbons (Fsp3) is 0.412. The van der Waals surface area contributed by atoms with Gasteiger partial charge in [0.15, 0.2) is 0 Å². The Hall–Kier alpha value is -1.81. The second-order valence-corrected chi connectivity index (χ2v) is 6.81. The normalized spacial score (nSPS) is 32.0. The van der Waals surface area contributed by atoms with Crippen molar-refractivity contribution in [2.24, 2.45) is 23.7 Å². The number of carbonyl (C=O) groups excluding carboxylic acids is 2. The molecule has 1 aliphatic heterocycles.